The summed E-state index contributed by atoms with van der Waals surface area (Å²) in [6, 6.07) is 2.72. The largest absolute Gasteiger partial charge is 0.467 e. The first-order chi connectivity index (χ1) is 24.2. The van der Waals surface area contributed by atoms with Crippen molar-refractivity contribution in [1.29, 1.82) is 5.26 Å². The van der Waals surface area contributed by atoms with Gasteiger partial charge in [-0.05, 0) is 68.5 Å². The number of aliphatic hydroxyl groups is 1. The summed E-state index contributed by atoms with van der Waals surface area (Å²) in [6.07, 6.45) is 5.48. The van der Waals surface area contributed by atoms with Crippen molar-refractivity contribution in [1.82, 2.24) is 24.8 Å². The Hall–Kier alpha value is -3.61. The Balaban J connectivity index is 0.000000346. The maximum atomic E-state index is 16.9. The van der Waals surface area contributed by atoms with E-state index in [0.29, 0.717) is 41.9 Å². The molecule has 4 fully saturated rings. The van der Waals surface area contributed by atoms with E-state index in [9.17, 15) is 19.1 Å². The number of aromatic nitrogens is 3. The summed E-state index contributed by atoms with van der Waals surface area (Å²) in [4.78, 5) is 18.2. The van der Waals surface area contributed by atoms with Crippen molar-refractivity contribution >= 4 is 37.3 Å². The minimum Gasteiger partial charge on any atom is -0.467 e. The Morgan fingerprint density at radius 1 is 1.14 bits per heavy atom. The van der Waals surface area contributed by atoms with Crippen LogP contribution in [-0.2, 0) is 18.0 Å². The van der Waals surface area contributed by atoms with Crippen LogP contribution in [0.1, 0.15) is 67.3 Å². The summed E-state index contributed by atoms with van der Waals surface area (Å²) >= 11 is 0.941. The highest BCUT2D eigenvalue weighted by Gasteiger charge is 2.45. The number of pyridine rings is 1. The summed E-state index contributed by atoms with van der Waals surface area (Å²) in [5, 5.41) is 20.8. The molecule has 3 N–H and O–H groups in total. The molecule has 14 heteroatoms. The van der Waals surface area contributed by atoms with Crippen LogP contribution >= 0.6 is 11.3 Å². The number of piperidine rings is 1. The molecular weight excluding hydrogens is 668 g/mol. The lowest BCUT2D eigenvalue weighted by Gasteiger charge is -2.38. The standard InChI is InChI=1S/C29H28F2N6O3S.C7H12FN/c1-12(38)7-37-8-13-3-4-14(9-37)19(13)25-21-17-11-40-10-16(17)20(23(31)26(21)36-29(35-25)39-2)24-22-15(5-32)28(33)41-27(22)18(30)6-34-24;8-6-4-7-2-1-3-9(7)5-6/h6,12-14,19,38H,3-4,7-11,33H2,1-2H3;6-7H,1-5H2. The quantitative estimate of drug-likeness (QED) is 0.267. The second-order valence-corrected chi connectivity index (χ2v) is 15.4. The Labute approximate surface area is 292 Å². The number of nitrogens with zero attached hydrogens (tertiary/aromatic N) is 6. The number of nitrogens with two attached hydrogens (primary N) is 1. The number of thiophene rings is 1. The zero-order valence-corrected chi connectivity index (χ0v) is 28.9. The predicted molar refractivity (Wildman–Crippen MR) is 183 cm³/mol. The molecule has 3 aromatic heterocycles. The molecule has 4 aliphatic heterocycles. The smallest absolute Gasteiger partial charge is 0.317 e. The lowest BCUT2D eigenvalue weighted by molar-refractivity contribution is 0.0808. The number of nitriles is 1. The van der Waals surface area contributed by atoms with E-state index in [1.165, 1.54) is 20.0 Å². The van der Waals surface area contributed by atoms with Gasteiger partial charge in [-0.3, -0.25) is 9.88 Å². The number of anilines is 1. The number of methoxy groups -OCH3 is 1. The lowest BCUT2D eigenvalue weighted by atomic mass is 9.79. The summed E-state index contributed by atoms with van der Waals surface area (Å²) in [6.45, 7) is 6.29. The van der Waals surface area contributed by atoms with Gasteiger partial charge in [0, 0.05) is 54.5 Å². The van der Waals surface area contributed by atoms with E-state index >= 15 is 4.39 Å². The van der Waals surface area contributed by atoms with Gasteiger partial charge in [0.15, 0.2) is 11.6 Å². The first-order valence-electron chi connectivity index (χ1n) is 17.4. The summed E-state index contributed by atoms with van der Waals surface area (Å²) in [7, 11) is 1.46. The number of halogens is 3. The van der Waals surface area contributed by atoms with Crippen molar-refractivity contribution in [2.24, 2.45) is 11.8 Å². The number of alkyl halides is 1. The van der Waals surface area contributed by atoms with Crippen LogP contribution in [0.15, 0.2) is 6.20 Å². The highest BCUT2D eigenvalue weighted by atomic mass is 32.1. The number of hydrogen-bond acceptors (Lipinski definition) is 11. The minimum atomic E-state index is -0.640. The van der Waals surface area contributed by atoms with Crippen molar-refractivity contribution < 1.29 is 27.8 Å². The molecule has 1 saturated carbocycles. The number of rotatable bonds is 5. The average Bonchev–Trinajstić information content (AvgIpc) is 3.91. The summed E-state index contributed by atoms with van der Waals surface area (Å²) in [5.74, 6) is -0.603. The molecule has 5 atom stereocenters. The van der Waals surface area contributed by atoms with E-state index in [4.69, 9.17) is 20.2 Å². The van der Waals surface area contributed by atoms with Crippen molar-refractivity contribution in [2.75, 3.05) is 45.6 Å². The lowest BCUT2D eigenvalue weighted by Crippen LogP contribution is -2.44. The van der Waals surface area contributed by atoms with Gasteiger partial charge in [-0.25, -0.2) is 13.2 Å². The molecule has 50 heavy (non-hydrogen) atoms. The number of likely N-dealkylation sites (tertiary alicyclic amines) is 1. The average molecular weight is 708 g/mol. The molecule has 1 aliphatic carbocycles. The Morgan fingerprint density at radius 2 is 1.90 bits per heavy atom. The van der Waals surface area contributed by atoms with Crippen molar-refractivity contribution in [3.8, 4) is 23.3 Å². The van der Waals surface area contributed by atoms with Crippen LogP contribution in [0.4, 0.5) is 18.2 Å². The van der Waals surface area contributed by atoms with E-state index in [2.05, 4.69) is 19.8 Å². The molecule has 2 bridgehead atoms. The number of ether oxygens (including phenoxy) is 2. The number of aliphatic hydroxyl groups excluding tert-OH is 1. The third-order valence-corrected chi connectivity index (χ3v) is 12.3. The number of fused-ring (bicyclic) bond motifs is 7. The van der Waals surface area contributed by atoms with Gasteiger partial charge in [0.05, 0.1) is 54.3 Å². The van der Waals surface area contributed by atoms with Crippen LogP contribution in [-0.4, -0.2) is 88.0 Å². The topological polar surface area (TPSA) is 134 Å². The number of benzene rings is 1. The van der Waals surface area contributed by atoms with E-state index in [0.717, 1.165) is 67.7 Å². The minimum absolute atomic E-state index is 0.0664. The molecule has 10 nitrogen and oxygen atoms in total. The molecule has 5 aliphatic rings. The molecule has 0 amide bonds. The number of hydrogen-bond donors (Lipinski definition) is 2. The first kappa shape index (κ1) is 33.5. The normalized spacial score (nSPS) is 26.5. The Bertz CT molecular complexity index is 1990. The van der Waals surface area contributed by atoms with Gasteiger partial charge >= 0.3 is 6.01 Å². The van der Waals surface area contributed by atoms with Crippen LogP contribution < -0.4 is 10.5 Å². The van der Waals surface area contributed by atoms with Gasteiger partial charge in [-0.1, -0.05) is 0 Å². The van der Waals surface area contributed by atoms with E-state index in [1.54, 1.807) is 6.92 Å². The summed E-state index contributed by atoms with van der Waals surface area (Å²) in [5.41, 5.74) is 8.63. The predicted octanol–water partition coefficient (Wildman–Crippen LogP) is 5.68. The van der Waals surface area contributed by atoms with Crippen molar-refractivity contribution in [2.45, 2.75) is 76.5 Å². The molecule has 3 saturated heterocycles. The van der Waals surface area contributed by atoms with Crippen molar-refractivity contribution in [3.63, 3.8) is 0 Å². The van der Waals surface area contributed by atoms with Gasteiger partial charge in [0.1, 0.15) is 22.8 Å². The second kappa shape index (κ2) is 13.2. The third-order valence-electron chi connectivity index (χ3n) is 11.2. The van der Waals surface area contributed by atoms with Gasteiger partial charge in [-0.2, -0.15) is 15.2 Å². The van der Waals surface area contributed by atoms with Crippen LogP contribution in [0.2, 0.25) is 0 Å². The third kappa shape index (κ3) is 5.58. The van der Waals surface area contributed by atoms with Gasteiger partial charge < -0.3 is 25.2 Å². The SMILES string of the molecule is COc1nc(C2C3CCC2CN(CC(C)O)C3)c2c3c(c(-c4ncc(F)c5sc(N)c(C#N)c45)c(F)c2n1)COC3.FC1CC2CCCN2C1. The van der Waals surface area contributed by atoms with Gasteiger partial charge in [0.2, 0.25) is 0 Å². The molecular formula is C36H40F3N7O3S. The second-order valence-electron chi connectivity index (χ2n) is 14.4. The van der Waals surface area contributed by atoms with Crippen LogP contribution in [0.5, 0.6) is 6.01 Å². The Morgan fingerprint density at radius 3 is 2.60 bits per heavy atom. The molecule has 4 aromatic rings. The number of β-amino-alcohol motifs (C(OH)–C–C–N with tert-alkyl or cyclic N) is 1. The van der Waals surface area contributed by atoms with Crippen molar-refractivity contribution in [3.05, 3.63) is 40.2 Å². The fourth-order valence-electron chi connectivity index (χ4n) is 9.32. The van der Waals surface area contributed by atoms with Gasteiger partial charge in [-0.15, -0.1) is 11.3 Å². The Kier molecular flexibility index (Phi) is 8.84. The first-order valence-corrected chi connectivity index (χ1v) is 18.2. The van der Waals surface area contributed by atoms with Crippen LogP contribution in [0.3, 0.4) is 0 Å². The zero-order valence-electron chi connectivity index (χ0n) is 28.1. The highest BCUT2D eigenvalue weighted by Crippen LogP contribution is 2.52. The molecule has 7 heterocycles. The summed E-state index contributed by atoms with van der Waals surface area (Å²) < 4.78 is 55.8. The van der Waals surface area contributed by atoms with E-state index < -0.39 is 23.9 Å². The monoisotopic (exact) mass is 707 g/mol. The van der Waals surface area contributed by atoms with E-state index in [-0.39, 0.29) is 62.6 Å². The van der Waals surface area contributed by atoms with Crippen LogP contribution in [0, 0.1) is 34.8 Å². The van der Waals surface area contributed by atoms with Crippen LogP contribution in [0.25, 0.3) is 32.2 Å². The highest BCUT2D eigenvalue weighted by molar-refractivity contribution is 7.23. The van der Waals surface area contributed by atoms with E-state index in [1.807, 2.05) is 6.07 Å². The fraction of sp³-hybridized carbons (Fsp3) is 0.556. The molecule has 0 spiro atoms. The molecule has 1 aromatic carbocycles. The molecule has 0 radical (unpaired) electrons. The zero-order chi connectivity index (χ0) is 34.8. The fourth-order valence-corrected chi connectivity index (χ4v) is 10.2. The van der Waals surface area contributed by atoms with Gasteiger partial charge in [0.25, 0.3) is 0 Å². The molecule has 264 valence electrons. The maximum absolute atomic E-state index is 16.9. The molecule has 9 rings (SSSR count). The maximum Gasteiger partial charge on any atom is 0.317 e. The molecule has 5 unspecified atom stereocenters. The number of nitrogen functional groups attached to an aromatic ring is 1.